The minimum absolute atomic E-state index is 0.133. The van der Waals surface area contributed by atoms with Crippen LogP contribution >= 0.6 is 11.6 Å². The minimum Gasteiger partial charge on any atom is -0.239 e. The van der Waals surface area contributed by atoms with Crippen molar-refractivity contribution in [1.82, 2.24) is 4.98 Å². The summed E-state index contributed by atoms with van der Waals surface area (Å²) in [7, 11) is 0. The van der Waals surface area contributed by atoms with Crippen LogP contribution in [0, 0.1) is 11.3 Å². The number of aryl methyl sites for hydroxylation is 1. The first-order chi connectivity index (χ1) is 7.45. The molecule has 0 fully saturated rings. The maximum absolute atomic E-state index is 12.8. The molecule has 84 valence electrons. The van der Waals surface area contributed by atoms with E-state index in [-0.39, 0.29) is 10.7 Å². The van der Waals surface area contributed by atoms with E-state index in [9.17, 15) is 13.2 Å². The number of rotatable bonds is 0. The fourth-order valence-corrected chi connectivity index (χ4v) is 2.20. The molecule has 1 aromatic heterocycles. The normalized spacial score (nSPS) is 14.7. The third-order valence-electron chi connectivity index (χ3n) is 2.58. The van der Waals surface area contributed by atoms with E-state index >= 15 is 0 Å². The Morgan fingerprint density at radius 3 is 2.56 bits per heavy atom. The molecule has 6 heteroatoms. The van der Waals surface area contributed by atoms with Crippen molar-refractivity contribution in [2.24, 2.45) is 0 Å². The zero-order valence-corrected chi connectivity index (χ0v) is 8.78. The van der Waals surface area contributed by atoms with Crippen LogP contribution in [0.2, 0.25) is 5.15 Å². The van der Waals surface area contributed by atoms with Crippen LogP contribution in [-0.2, 0) is 19.0 Å². The van der Waals surface area contributed by atoms with E-state index in [4.69, 9.17) is 16.9 Å². The van der Waals surface area contributed by atoms with Crippen LogP contribution in [0.5, 0.6) is 0 Å². The second kappa shape index (κ2) is 3.63. The molecule has 1 heterocycles. The number of pyridine rings is 1. The van der Waals surface area contributed by atoms with E-state index in [1.807, 2.05) is 0 Å². The first-order valence-electron chi connectivity index (χ1n) is 4.63. The Morgan fingerprint density at radius 2 is 2.00 bits per heavy atom. The van der Waals surface area contributed by atoms with Gasteiger partial charge in [-0.05, 0) is 24.8 Å². The highest BCUT2D eigenvalue weighted by Gasteiger charge is 2.40. The lowest BCUT2D eigenvalue weighted by Gasteiger charge is -2.14. The molecular formula is C10H6ClF3N2. The van der Waals surface area contributed by atoms with Gasteiger partial charge in [-0.2, -0.15) is 18.4 Å². The third kappa shape index (κ3) is 1.63. The van der Waals surface area contributed by atoms with Crippen LogP contribution in [-0.4, -0.2) is 4.98 Å². The van der Waals surface area contributed by atoms with Crippen LogP contribution in [0.25, 0.3) is 0 Å². The van der Waals surface area contributed by atoms with Gasteiger partial charge >= 0.3 is 6.18 Å². The van der Waals surface area contributed by atoms with Gasteiger partial charge in [-0.25, -0.2) is 4.98 Å². The molecule has 0 radical (unpaired) electrons. The number of halogens is 4. The van der Waals surface area contributed by atoms with Gasteiger partial charge in [-0.1, -0.05) is 11.6 Å². The van der Waals surface area contributed by atoms with Crippen LogP contribution < -0.4 is 0 Å². The molecule has 0 aromatic carbocycles. The summed E-state index contributed by atoms with van der Waals surface area (Å²) in [5.41, 5.74) is -0.956. The standard InChI is InChI=1S/C10H6ClF3N2/c11-9-6(4-15)8(10(12,13)14)5-2-1-3-7(5)16-9/h1-3H2. The Balaban J connectivity index is 2.78. The van der Waals surface area contributed by atoms with Crippen molar-refractivity contribution in [3.05, 3.63) is 27.5 Å². The van der Waals surface area contributed by atoms with Crippen molar-refractivity contribution in [3.8, 4) is 6.07 Å². The van der Waals surface area contributed by atoms with Gasteiger partial charge in [0, 0.05) is 5.69 Å². The maximum atomic E-state index is 12.8. The molecule has 0 atom stereocenters. The molecule has 1 aromatic rings. The van der Waals surface area contributed by atoms with E-state index < -0.39 is 17.3 Å². The largest absolute Gasteiger partial charge is 0.418 e. The molecule has 16 heavy (non-hydrogen) atoms. The molecule has 0 amide bonds. The summed E-state index contributed by atoms with van der Waals surface area (Å²) in [6.45, 7) is 0. The van der Waals surface area contributed by atoms with Gasteiger partial charge in [-0.3, -0.25) is 0 Å². The van der Waals surface area contributed by atoms with E-state index in [1.165, 1.54) is 6.07 Å². The summed E-state index contributed by atoms with van der Waals surface area (Å²) >= 11 is 5.59. The highest BCUT2D eigenvalue weighted by Crippen LogP contribution is 2.40. The molecule has 0 saturated carbocycles. The first kappa shape index (κ1) is 11.2. The predicted octanol–water partition coefficient (Wildman–Crippen LogP) is 3.11. The molecule has 2 nitrogen and oxygen atoms in total. The quantitative estimate of drug-likeness (QED) is 0.660. The summed E-state index contributed by atoms with van der Waals surface area (Å²) in [5.74, 6) is 0. The van der Waals surface area contributed by atoms with Gasteiger partial charge in [-0.15, -0.1) is 0 Å². The van der Waals surface area contributed by atoms with E-state index in [1.54, 1.807) is 0 Å². The number of nitrogens with zero attached hydrogens (tertiary/aromatic N) is 2. The number of aromatic nitrogens is 1. The van der Waals surface area contributed by atoms with E-state index in [0.29, 0.717) is 25.0 Å². The Kier molecular flexibility index (Phi) is 2.55. The molecule has 0 saturated heterocycles. The summed E-state index contributed by atoms with van der Waals surface area (Å²) in [6, 6.07) is 1.49. The Morgan fingerprint density at radius 1 is 1.31 bits per heavy atom. The second-order valence-corrected chi connectivity index (χ2v) is 3.90. The second-order valence-electron chi connectivity index (χ2n) is 3.54. The molecule has 1 aliphatic carbocycles. The van der Waals surface area contributed by atoms with Gasteiger partial charge in [0.1, 0.15) is 16.8 Å². The molecule has 0 aliphatic heterocycles. The third-order valence-corrected chi connectivity index (χ3v) is 2.85. The molecule has 1 aliphatic rings. The average Bonchev–Trinajstić information content (AvgIpc) is 2.60. The van der Waals surface area contributed by atoms with Gasteiger partial charge in [0.2, 0.25) is 0 Å². The van der Waals surface area contributed by atoms with Crippen molar-refractivity contribution < 1.29 is 13.2 Å². The van der Waals surface area contributed by atoms with Crippen molar-refractivity contribution >= 4 is 11.6 Å². The SMILES string of the molecule is N#Cc1c(Cl)nc2c(c1C(F)(F)F)CCC2. The summed E-state index contributed by atoms with van der Waals surface area (Å²) in [5, 5.41) is 8.37. The number of hydrogen-bond donors (Lipinski definition) is 0. The van der Waals surface area contributed by atoms with E-state index in [0.717, 1.165) is 0 Å². The molecule has 0 bridgehead atoms. The van der Waals surface area contributed by atoms with Crippen molar-refractivity contribution in [2.45, 2.75) is 25.4 Å². The van der Waals surface area contributed by atoms with Crippen molar-refractivity contribution in [1.29, 1.82) is 5.26 Å². The fourth-order valence-electron chi connectivity index (χ4n) is 1.96. The topological polar surface area (TPSA) is 36.7 Å². The predicted molar refractivity (Wildman–Crippen MR) is 51.0 cm³/mol. The van der Waals surface area contributed by atoms with Gasteiger partial charge in [0.25, 0.3) is 0 Å². The monoisotopic (exact) mass is 246 g/mol. The zero-order chi connectivity index (χ0) is 11.9. The van der Waals surface area contributed by atoms with Crippen LogP contribution in [0.1, 0.15) is 28.8 Å². The Labute approximate surface area is 94.7 Å². The van der Waals surface area contributed by atoms with Crippen LogP contribution in [0.3, 0.4) is 0 Å². The number of hydrogen-bond acceptors (Lipinski definition) is 2. The highest BCUT2D eigenvalue weighted by atomic mass is 35.5. The van der Waals surface area contributed by atoms with Gasteiger partial charge in [0.15, 0.2) is 0 Å². The van der Waals surface area contributed by atoms with Gasteiger partial charge < -0.3 is 0 Å². The summed E-state index contributed by atoms with van der Waals surface area (Å²) < 4.78 is 38.5. The Bertz CT molecular complexity index is 488. The molecule has 0 unspecified atom stereocenters. The highest BCUT2D eigenvalue weighted by molar-refractivity contribution is 6.30. The maximum Gasteiger partial charge on any atom is 0.418 e. The number of nitriles is 1. The van der Waals surface area contributed by atoms with Crippen LogP contribution in [0.15, 0.2) is 0 Å². The lowest BCUT2D eigenvalue weighted by atomic mass is 10.0. The Hall–Kier alpha value is -1.28. The van der Waals surface area contributed by atoms with Crippen LogP contribution in [0.4, 0.5) is 13.2 Å². The fraction of sp³-hybridized carbons (Fsp3) is 0.400. The summed E-state index contributed by atoms with van der Waals surface area (Å²) in [6.07, 6.45) is -3.13. The number of fused-ring (bicyclic) bond motifs is 1. The molecule has 0 spiro atoms. The lowest BCUT2D eigenvalue weighted by molar-refractivity contribution is -0.138. The van der Waals surface area contributed by atoms with Crippen molar-refractivity contribution in [2.75, 3.05) is 0 Å². The lowest BCUT2D eigenvalue weighted by Crippen LogP contribution is -2.13. The molecular weight excluding hydrogens is 241 g/mol. The summed E-state index contributed by atoms with van der Waals surface area (Å²) in [4.78, 5) is 3.84. The average molecular weight is 247 g/mol. The van der Waals surface area contributed by atoms with E-state index in [2.05, 4.69) is 4.98 Å². The molecule has 0 N–H and O–H groups in total. The smallest absolute Gasteiger partial charge is 0.239 e. The number of alkyl halides is 3. The first-order valence-corrected chi connectivity index (χ1v) is 5.01. The van der Waals surface area contributed by atoms with Crippen molar-refractivity contribution in [3.63, 3.8) is 0 Å². The molecule has 2 rings (SSSR count). The minimum atomic E-state index is -4.55. The van der Waals surface area contributed by atoms with Gasteiger partial charge in [0.05, 0.1) is 5.56 Å². The zero-order valence-electron chi connectivity index (χ0n) is 8.03.